The summed E-state index contributed by atoms with van der Waals surface area (Å²) in [7, 11) is 0. The second-order valence-corrected chi connectivity index (χ2v) is 8.10. The summed E-state index contributed by atoms with van der Waals surface area (Å²) in [6.45, 7) is 0. The van der Waals surface area contributed by atoms with E-state index in [1.54, 1.807) is 6.08 Å². The van der Waals surface area contributed by atoms with Crippen LogP contribution in [0.3, 0.4) is 0 Å². The molecule has 0 atom stereocenters. The first-order valence-corrected chi connectivity index (χ1v) is 10.9. The van der Waals surface area contributed by atoms with Crippen molar-refractivity contribution < 1.29 is 5.11 Å². The molecule has 0 fully saturated rings. The number of nitrogens with zero attached hydrogens (tertiary/aromatic N) is 2. The van der Waals surface area contributed by atoms with Crippen molar-refractivity contribution in [1.82, 2.24) is 9.97 Å². The zero-order valence-corrected chi connectivity index (χ0v) is 17.8. The fourth-order valence-corrected chi connectivity index (χ4v) is 4.22. The van der Waals surface area contributed by atoms with Crippen LogP contribution in [0.15, 0.2) is 109 Å². The van der Waals surface area contributed by atoms with Crippen LogP contribution in [0.5, 0.6) is 0 Å². The first-order chi connectivity index (χ1) is 16.2. The van der Waals surface area contributed by atoms with Gasteiger partial charge in [-0.05, 0) is 45.8 Å². The summed E-state index contributed by atoms with van der Waals surface area (Å²) in [5, 5.41) is 15.6. The van der Waals surface area contributed by atoms with Gasteiger partial charge in [-0.1, -0.05) is 84.9 Å². The number of fused-ring (bicyclic) bond motifs is 3. The maximum absolute atomic E-state index is 11.0. The Morgan fingerprint density at radius 1 is 0.576 bits per heavy atom. The molecular weight excluding hydrogens is 404 g/mol. The molecule has 33 heavy (non-hydrogen) atoms. The van der Waals surface area contributed by atoms with E-state index in [0.29, 0.717) is 5.69 Å². The fraction of sp³-hybridized carbons (Fsp3) is 0. The lowest BCUT2D eigenvalue weighted by molar-refractivity contribution is 0.515. The number of aromatic nitrogens is 2. The first kappa shape index (κ1) is 19.2. The van der Waals surface area contributed by atoms with E-state index >= 15 is 0 Å². The lowest BCUT2D eigenvalue weighted by Crippen LogP contribution is -1.96. The first-order valence-electron chi connectivity index (χ1n) is 10.9. The van der Waals surface area contributed by atoms with Crippen molar-refractivity contribution in [3.63, 3.8) is 0 Å². The van der Waals surface area contributed by atoms with E-state index in [9.17, 15) is 5.11 Å². The molecule has 0 amide bonds. The van der Waals surface area contributed by atoms with Gasteiger partial charge < -0.3 is 5.11 Å². The van der Waals surface area contributed by atoms with Gasteiger partial charge in [0.1, 0.15) is 5.76 Å². The molecule has 5 aromatic carbocycles. The van der Waals surface area contributed by atoms with E-state index in [1.807, 2.05) is 72.8 Å². The Kier molecular flexibility index (Phi) is 4.59. The Morgan fingerprint density at radius 2 is 1.15 bits per heavy atom. The lowest BCUT2D eigenvalue weighted by atomic mass is 10.0. The zero-order valence-electron chi connectivity index (χ0n) is 17.8. The van der Waals surface area contributed by atoms with Gasteiger partial charge in [0, 0.05) is 17.2 Å². The van der Waals surface area contributed by atoms with Crippen LogP contribution in [0.2, 0.25) is 0 Å². The van der Waals surface area contributed by atoms with Gasteiger partial charge in [-0.15, -0.1) is 0 Å². The van der Waals surface area contributed by atoms with Gasteiger partial charge in [0.2, 0.25) is 0 Å². The molecule has 3 nitrogen and oxygen atoms in total. The Morgan fingerprint density at radius 3 is 1.88 bits per heavy atom. The summed E-state index contributed by atoms with van der Waals surface area (Å²) in [5.74, 6) is 0.160. The van der Waals surface area contributed by atoms with Crippen molar-refractivity contribution in [3.8, 4) is 11.3 Å². The summed E-state index contributed by atoms with van der Waals surface area (Å²) in [4.78, 5) is 9.79. The quantitative estimate of drug-likeness (QED) is 0.297. The number of para-hydroxylation sites is 2. The van der Waals surface area contributed by atoms with Crippen molar-refractivity contribution in [2.24, 2.45) is 0 Å². The second-order valence-electron chi connectivity index (χ2n) is 8.10. The fourth-order valence-electron chi connectivity index (χ4n) is 4.22. The molecule has 0 bridgehead atoms. The maximum atomic E-state index is 11.0. The Hall–Kier alpha value is -4.50. The van der Waals surface area contributed by atoms with Crippen molar-refractivity contribution in [2.45, 2.75) is 0 Å². The van der Waals surface area contributed by atoms with Gasteiger partial charge in [-0.3, -0.25) is 0 Å². The minimum absolute atomic E-state index is 0.160. The predicted molar refractivity (Wildman–Crippen MR) is 137 cm³/mol. The van der Waals surface area contributed by atoms with Gasteiger partial charge in [0.25, 0.3) is 0 Å². The standard InChI is InChI=1S/C30H20N2O/c33-29(24-15-13-20-7-1-3-9-22(20)17-24)19-28-30(32-27-12-6-5-11-26(27)31-28)25-16-14-21-8-2-4-10-23(21)18-25/h1-19,33H/b29-19+. The molecule has 156 valence electrons. The Bertz CT molecular complexity index is 1680. The average Bonchev–Trinajstić information content (AvgIpc) is 2.87. The highest BCUT2D eigenvalue weighted by atomic mass is 16.3. The van der Waals surface area contributed by atoms with Crippen molar-refractivity contribution in [2.75, 3.05) is 0 Å². The summed E-state index contributed by atoms with van der Waals surface area (Å²) in [6, 6.07) is 36.4. The predicted octanol–water partition coefficient (Wildman–Crippen LogP) is 7.66. The number of benzene rings is 5. The minimum Gasteiger partial charge on any atom is -0.507 e. The molecule has 0 aliphatic rings. The van der Waals surface area contributed by atoms with Crippen LogP contribution in [-0.2, 0) is 0 Å². The molecule has 1 aromatic heterocycles. The normalized spacial score (nSPS) is 11.9. The summed E-state index contributed by atoms with van der Waals surface area (Å²) in [6.07, 6.45) is 1.72. The average molecular weight is 425 g/mol. The molecule has 0 aliphatic carbocycles. The van der Waals surface area contributed by atoms with Crippen molar-refractivity contribution >= 4 is 44.4 Å². The molecule has 6 rings (SSSR count). The molecule has 6 aromatic rings. The summed E-state index contributed by atoms with van der Waals surface area (Å²) in [5.41, 5.74) is 4.70. The van der Waals surface area contributed by atoms with Crippen LogP contribution in [-0.4, -0.2) is 15.1 Å². The topological polar surface area (TPSA) is 46.0 Å². The third-order valence-corrected chi connectivity index (χ3v) is 5.94. The van der Waals surface area contributed by atoms with Gasteiger partial charge in [-0.2, -0.15) is 0 Å². The third kappa shape index (κ3) is 3.60. The van der Waals surface area contributed by atoms with Crippen LogP contribution in [0, 0.1) is 0 Å². The maximum Gasteiger partial charge on any atom is 0.125 e. The monoisotopic (exact) mass is 424 g/mol. The highest BCUT2D eigenvalue weighted by Crippen LogP contribution is 2.29. The van der Waals surface area contributed by atoms with E-state index in [-0.39, 0.29) is 5.76 Å². The van der Waals surface area contributed by atoms with Crippen LogP contribution in [0.1, 0.15) is 11.3 Å². The summed E-state index contributed by atoms with van der Waals surface area (Å²) >= 11 is 0. The highest BCUT2D eigenvalue weighted by molar-refractivity contribution is 5.92. The van der Waals surface area contributed by atoms with Gasteiger partial charge >= 0.3 is 0 Å². The second kappa shape index (κ2) is 7.88. The molecular formula is C30H20N2O. The number of hydrogen-bond donors (Lipinski definition) is 1. The smallest absolute Gasteiger partial charge is 0.125 e. The third-order valence-electron chi connectivity index (χ3n) is 5.94. The van der Waals surface area contributed by atoms with E-state index in [2.05, 4.69) is 36.4 Å². The number of aliphatic hydroxyl groups excluding tert-OH is 1. The van der Waals surface area contributed by atoms with Gasteiger partial charge in [0.05, 0.1) is 22.4 Å². The van der Waals surface area contributed by atoms with E-state index < -0.39 is 0 Å². The van der Waals surface area contributed by atoms with Crippen LogP contribution >= 0.6 is 0 Å². The molecule has 1 N–H and O–H groups in total. The lowest BCUT2D eigenvalue weighted by Gasteiger charge is -2.10. The number of aliphatic hydroxyl groups is 1. The van der Waals surface area contributed by atoms with Crippen LogP contribution in [0.4, 0.5) is 0 Å². The largest absolute Gasteiger partial charge is 0.507 e. The molecule has 3 heteroatoms. The van der Waals surface area contributed by atoms with Crippen LogP contribution < -0.4 is 0 Å². The molecule has 0 radical (unpaired) electrons. The highest BCUT2D eigenvalue weighted by Gasteiger charge is 2.12. The zero-order chi connectivity index (χ0) is 22.2. The van der Waals surface area contributed by atoms with Crippen molar-refractivity contribution in [3.05, 3.63) is 120 Å². The van der Waals surface area contributed by atoms with Crippen molar-refractivity contribution in [1.29, 1.82) is 0 Å². The SMILES string of the molecule is O/C(=C/c1nc2ccccc2nc1-c1ccc2ccccc2c1)c1ccc2ccccc2c1. The minimum atomic E-state index is 0.160. The van der Waals surface area contributed by atoms with E-state index in [1.165, 1.54) is 5.39 Å². The molecule has 0 spiro atoms. The number of hydrogen-bond acceptors (Lipinski definition) is 3. The van der Waals surface area contributed by atoms with E-state index in [0.717, 1.165) is 44.0 Å². The van der Waals surface area contributed by atoms with Gasteiger partial charge in [-0.25, -0.2) is 9.97 Å². The molecule has 0 unspecified atom stereocenters. The molecule has 0 saturated heterocycles. The van der Waals surface area contributed by atoms with Crippen LogP contribution in [0.25, 0.3) is 55.7 Å². The molecule has 0 saturated carbocycles. The van der Waals surface area contributed by atoms with Gasteiger partial charge in [0.15, 0.2) is 0 Å². The Balaban J connectivity index is 1.54. The van der Waals surface area contributed by atoms with E-state index in [4.69, 9.17) is 9.97 Å². The summed E-state index contributed by atoms with van der Waals surface area (Å²) < 4.78 is 0. The number of rotatable bonds is 3. The Labute approximate surface area is 191 Å². The molecule has 0 aliphatic heterocycles. The molecule has 1 heterocycles.